The molecule has 0 bridgehead atoms. The van der Waals surface area contributed by atoms with E-state index in [1.54, 1.807) is 0 Å². The summed E-state index contributed by atoms with van der Waals surface area (Å²) in [7, 11) is 0. The van der Waals surface area contributed by atoms with Crippen molar-refractivity contribution in [1.82, 2.24) is 8.94 Å². The Bertz CT molecular complexity index is 1160. The molecule has 2 aromatic carbocycles. The van der Waals surface area contributed by atoms with E-state index in [0.29, 0.717) is 20.0 Å². The van der Waals surface area contributed by atoms with Crippen LogP contribution < -0.4 is 10.3 Å². The molecule has 4 nitrogen and oxygen atoms in total. The van der Waals surface area contributed by atoms with Gasteiger partial charge in [-0.3, -0.25) is 4.79 Å². The summed E-state index contributed by atoms with van der Waals surface area (Å²) in [4.78, 5) is 16.7. The van der Waals surface area contributed by atoms with Crippen molar-refractivity contribution in [3.63, 3.8) is 0 Å². The quantitative estimate of drug-likeness (QED) is 0.469. The highest BCUT2D eigenvalue weighted by Gasteiger charge is 2.31. The fourth-order valence-electron chi connectivity index (χ4n) is 2.30. The van der Waals surface area contributed by atoms with E-state index in [2.05, 4.69) is 9.72 Å². The number of ether oxygens (including phenoxy) is 1. The maximum absolute atomic E-state index is 13.3. The zero-order valence-corrected chi connectivity index (χ0v) is 13.6. The SMILES string of the molecule is O=c1c2cc(F)ccc2sn1-c1nc2ccc(OC(F)(F)F)cc2s1. The number of alkyl halides is 3. The molecule has 0 unspecified atom stereocenters. The molecule has 2 heterocycles. The lowest BCUT2D eigenvalue weighted by Crippen LogP contribution is -2.16. The number of hydrogen-bond acceptors (Lipinski definition) is 5. The van der Waals surface area contributed by atoms with E-state index in [0.717, 1.165) is 35.0 Å². The summed E-state index contributed by atoms with van der Waals surface area (Å²) >= 11 is 2.13. The summed E-state index contributed by atoms with van der Waals surface area (Å²) in [6, 6.07) is 7.64. The summed E-state index contributed by atoms with van der Waals surface area (Å²) in [5.74, 6) is -0.881. The maximum atomic E-state index is 13.3. The molecular weight excluding hydrogens is 380 g/mol. The Balaban J connectivity index is 1.82. The first-order chi connectivity index (χ1) is 11.8. The highest BCUT2D eigenvalue weighted by atomic mass is 32.1. The van der Waals surface area contributed by atoms with E-state index in [4.69, 9.17) is 0 Å². The predicted octanol–water partition coefficient (Wildman–Crippen LogP) is 4.70. The van der Waals surface area contributed by atoms with Gasteiger partial charge in [0.2, 0.25) is 5.13 Å². The molecule has 0 aliphatic carbocycles. The Morgan fingerprint density at radius 2 is 1.88 bits per heavy atom. The lowest BCUT2D eigenvalue weighted by Gasteiger charge is -2.07. The van der Waals surface area contributed by atoms with Gasteiger partial charge < -0.3 is 4.74 Å². The van der Waals surface area contributed by atoms with Crippen LogP contribution in [0.3, 0.4) is 0 Å². The Morgan fingerprint density at radius 3 is 2.64 bits per heavy atom. The zero-order valence-electron chi connectivity index (χ0n) is 12.0. The lowest BCUT2D eigenvalue weighted by atomic mass is 10.3. The van der Waals surface area contributed by atoms with E-state index in [9.17, 15) is 22.4 Å². The summed E-state index contributed by atoms with van der Waals surface area (Å²) in [6.45, 7) is 0. The molecule has 128 valence electrons. The minimum absolute atomic E-state index is 0.227. The van der Waals surface area contributed by atoms with Crippen LogP contribution in [0.5, 0.6) is 5.75 Å². The Hall–Kier alpha value is -2.46. The topological polar surface area (TPSA) is 44.1 Å². The second kappa shape index (κ2) is 5.53. The van der Waals surface area contributed by atoms with E-state index in [1.807, 2.05) is 0 Å². The third-order valence-electron chi connectivity index (χ3n) is 3.30. The largest absolute Gasteiger partial charge is 0.573 e. The van der Waals surface area contributed by atoms with Gasteiger partial charge in [-0.25, -0.2) is 13.3 Å². The molecule has 0 saturated carbocycles. The Morgan fingerprint density at radius 1 is 1.08 bits per heavy atom. The highest BCUT2D eigenvalue weighted by Crippen LogP contribution is 2.32. The molecule has 4 aromatic rings. The summed E-state index contributed by atoms with van der Waals surface area (Å²) in [6.07, 6.45) is -4.78. The smallest absolute Gasteiger partial charge is 0.406 e. The molecule has 0 aliphatic heterocycles. The van der Waals surface area contributed by atoms with Crippen LogP contribution in [0.4, 0.5) is 17.6 Å². The van der Waals surface area contributed by atoms with Crippen molar-refractivity contribution >= 4 is 43.2 Å². The number of halogens is 4. The molecule has 0 N–H and O–H groups in total. The second-order valence-electron chi connectivity index (χ2n) is 5.01. The monoisotopic (exact) mass is 386 g/mol. The van der Waals surface area contributed by atoms with Crippen LogP contribution in [-0.4, -0.2) is 15.3 Å². The molecule has 0 radical (unpaired) electrons. The van der Waals surface area contributed by atoms with Crippen LogP contribution in [0.25, 0.3) is 25.4 Å². The van der Waals surface area contributed by atoms with Crippen molar-refractivity contribution in [2.75, 3.05) is 0 Å². The minimum Gasteiger partial charge on any atom is -0.406 e. The molecule has 25 heavy (non-hydrogen) atoms. The molecule has 4 rings (SSSR count). The molecule has 2 aromatic heterocycles. The first-order valence-corrected chi connectivity index (χ1v) is 8.37. The third kappa shape index (κ3) is 2.98. The number of aromatic nitrogens is 2. The molecule has 0 saturated heterocycles. The van der Waals surface area contributed by atoms with Gasteiger partial charge >= 0.3 is 6.36 Å². The van der Waals surface area contributed by atoms with Crippen molar-refractivity contribution < 1.29 is 22.3 Å². The average molecular weight is 386 g/mol. The maximum Gasteiger partial charge on any atom is 0.573 e. The van der Waals surface area contributed by atoms with Gasteiger partial charge in [-0.15, -0.1) is 13.2 Å². The number of hydrogen-bond donors (Lipinski definition) is 0. The van der Waals surface area contributed by atoms with E-state index in [1.165, 1.54) is 28.2 Å². The lowest BCUT2D eigenvalue weighted by molar-refractivity contribution is -0.274. The van der Waals surface area contributed by atoms with Gasteiger partial charge in [0.05, 0.1) is 20.3 Å². The predicted molar refractivity (Wildman–Crippen MR) is 87.2 cm³/mol. The van der Waals surface area contributed by atoms with Gasteiger partial charge in [0, 0.05) is 6.07 Å². The summed E-state index contributed by atoms with van der Waals surface area (Å²) < 4.78 is 56.4. The second-order valence-corrected chi connectivity index (χ2v) is 7.00. The van der Waals surface area contributed by atoms with E-state index >= 15 is 0 Å². The van der Waals surface area contributed by atoms with E-state index < -0.39 is 17.7 Å². The molecule has 0 fully saturated rings. The van der Waals surface area contributed by atoms with Crippen LogP contribution in [0, 0.1) is 5.82 Å². The standard InChI is InChI=1S/C15H6F4N2O2S2/c16-7-1-4-11-9(5-7)13(22)21(25-11)14-20-10-3-2-8(6-12(10)24-14)23-15(17,18)19/h1-6H. The highest BCUT2D eigenvalue weighted by molar-refractivity contribution is 7.22. The van der Waals surface area contributed by atoms with Gasteiger partial charge in [0.15, 0.2) is 0 Å². The van der Waals surface area contributed by atoms with Crippen molar-refractivity contribution in [3.05, 3.63) is 52.6 Å². The van der Waals surface area contributed by atoms with Crippen LogP contribution >= 0.6 is 22.9 Å². The fourth-order valence-corrected chi connectivity index (χ4v) is 4.29. The first-order valence-electron chi connectivity index (χ1n) is 6.78. The van der Waals surface area contributed by atoms with Gasteiger partial charge in [-0.05, 0) is 41.9 Å². The fraction of sp³-hybridized carbons (Fsp3) is 0.0667. The molecule has 0 aliphatic rings. The molecule has 0 atom stereocenters. The van der Waals surface area contributed by atoms with Crippen molar-refractivity contribution in [3.8, 4) is 10.9 Å². The Labute approximate surface area is 144 Å². The van der Waals surface area contributed by atoms with Crippen molar-refractivity contribution in [1.29, 1.82) is 0 Å². The van der Waals surface area contributed by atoms with Gasteiger partial charge in [-0.2, -0.15) is 0 Å². The number of nitrogens with zero attached hydrogens (tertiary/aromatic N) is 2. The number of rotatable bonds is 2. The van der Waals surface area contributed by atoms with Crippen LogP contribution in [0.15, 0.2) is 41.2 Å². The summed E-state index contributed by atoms with van der Waals surface area (Å²) in [5, 5.41) is 0.524. The number of benzene rings is 2. The van der Waals surface area contributed by atoms with Crippen molar-refractivity contribution in [2.45, 2.75) is 6.36 Å². The minimum atomic E-state index is -4.78. The van der Waals surface area contributed by atoms with Crippen LogP contribution in [0.2, 0.25) is 0 Å². The average Bonchev–Trinajstić information content (AvgIpc) is 3.07. The Kier molecular flexibility index (Phi) is 3.55. The van der Waals surface area contributed by atoms with Crippen LogP contribution in [-0.2, 0) is 0 Å². The van der Waals surface area contributed by atoms with E-state index in [-0.39, 0.29) is 11.1 Å². The zero-order chi connectivity index (χ0) is 17.8. The third-order valence-corrected chi connectivity index (χ3v) is 5.49. The number of thiazole rings is 1. The first kappa shape index (κ1) is 16.0. The number of fused-ring (bicyclic) bond motifs is 2. The molecular formula is C15H6F4N2O2S2. The summed E-state index contributed by atoms with van der Waals surface area (Å²) in [5.41, 5.74) is 0.00961. The van der Waals surface area contributed by atoms with Crippen molar-refractivity contribution in [2.24, 2.45) is 0 Å². The van der Waals surface area contributed by atoms with Gasteiger partial charge in [0.1, 0.15) is 11.6 Å². The molecule has 0 amide bonds. The molecule has 10 heteroatoms. The normalized spacial score (nSPS) is 12.2. The van der Waals surface area contributed by atoms with Crippen LogP contribution in [0.1, 0.15) is 0 Å². The van der Waals surface area contributed by atoms with Gasteiger partial charge in [0.25, 0.3) is 5.56 Å². The molecule has 0 spiro atoms. The van der Waals surface area contributed by atoms with Gasteiger partial charge in [-0.1, -0.05) is 11.3 Å².